The fourth-order valence-electron chi connectivity index (χ4n) is 1.90. The van der Waals surface area contributed by atoms with Gasteiger partial charge in [-0.25, -0.2) is 9.78 Å². The van der Waals surface area contributed by atoms with Crippen molar-refractivity contribution < 1.29 is 19.1 Å². The van der Waals surface area contributed by atoms with E-state index < -0.39 is 24.1 Å². The molecule has 8 heteroatoms. The number of nitrogens with zero attached hydrogens (tertiary/aromatic N) is 2. The molecule has 26 heavy (non-hydrogen) atoms. The third-order valence-corrected chi connectivity index (χ3v) is 3.61. The first-order valence-corrected chi connectivity index (χ1v) is 8.07. The molecule has 0 saturated heterocycles. The van der Waals surface area contributed by atoms with E-state index >= 15 is 0 Å². The number of carbonyl (C=O) groups excluding carboxylic acids is 2. The maximum Gasteiger partial charge on any atom is 0.347 e. The Labute approximate surface area is 155 Å². The molecule has 0 saturated carbocycles. The molecule has 7 nitrogen and oxygen atoms in total. The SMILES string of the molecule is C[C@H](Oc1ccc(C#N)cc1)C(=O)O[C@H](C)C(=O)Nc1cccnc1Cl. The Morgan fingerprint density at radius 2 is 1.88 bits per heavy atom. The maximum atomic E-state index is 12.1. The third kappa shape index (κ3) is 5.19. The van der Waals surface area contributed by atoms with Crippen LogP contribution in [0.5, 0.6) is 5.75 Å². The van der Waals surface area contributed by atoms with Gasteiger partial charge >= 0.3 is 5.97 Å². The zero-order valence-corrected chi connectivity index (χ0v) is 14.9. The number of halogens is 1. The average Bonchev–Trinajstić information content (AvgIpc) is 2.64. The lowest BCUT2D eigenvalue weighted by Crippen LogP contribution is -2.35. The van der Waals surface area contributed by atoms with E-state index in [-0.39, 0.29) is 5.15 Å². The van der Waals surface area contributed by atoms with Gasteiger partial charge in [0, 0.05) is 6.20 Å². The Kier molecular flexibility index (Phi) is 6.53. The molecular formula is C18H16ClN3O4. The van der Waals surface area contributed by atoms with Crippen LogP contribution in [0.2, 0.25) is 5.15 Å². The van der Waals surface area contributed by atoms with E-state index in [2.05, 4.69) is 10.3 Å². The predicted octanol–water partition coefficient (Wildman–Crippen LogP) is 2.94. The quantitative estimate of drug-likeness (QED) is 0.617. The van der Waals surface area contributed by atoms with Gasteiger partial charge in [0.1, 0.15) is 5.75 Å². The van der Waals surface area contributed by atoms with Gasteiger partial charge in [0.2, 0.25) is 0 Å². The number of amides is 1. The second-order valence-corrected chi connectivity index (χ2v) is 5.66. The van der Waals surface area contributed by atoms with Crippen molar-refractivity contribution >= 4 is 29.2 Å². The standard InChI is InChI=1S/C18H16ClN3O4/c1-11(17(23)22-15-4-3-9-21-16(15)19)26-18(24)12(2)25-14-7-5-13(10-20)6-8-14/h3-9,11-12H,1-2H3,(H,22,23)/t11-,12+/m1/s1. The number of benzene rings is 1. The number of hydrogen-bond acceptors (Lipinski definition) is 6. The van der Waals surface area contributed by atoms with Gasteiger partial charge < -0.3 is 14.8 Å². The molecule has 2 atom stereocenters. The van der Waals surface area contributed by atoms with Gasteiger partial charge in [-0.05, 0) is 50.2 Å². The molecule has 134 valence electrons. The van der Waals surface area contributed by atoms with Crippen molar-refractivity contribution in [3.05, 3.63) is 53.3 Å². The number of ether oxygens (including phenoxy) is 2. The normalized spacial score (nSPS) is 12.4. The molecule has 0 spiro atoms. The summed E-state index contributed by atoms with van der Waals surface area (Å²) in [4.78, 5) is 28.0. The number of hydrogen-bond donors (Lipinski definition) is 1. The number of nitriles is 1. The highest BCUT2D eigenvalue weighted by Crippen LogP contribution is 2.18. The van der Waals surface area contributed by atoms with Gasteiger partial charge in [0.05, 0.1) is 17.3 Å². The van der Waals surface area contributed by atoms with Crippen molar-refractivity contribution in [1.29, 1.82) is 5.26 Å². The molecule has 0 bridgehead atoms. The number of carbonyl (C=O) groups is 2. The van der Waals surface area contributed by atoms with Crippen LogP contribution in [-0.2, 0) is 14.3 Å². The number of rotatable bonds is 6. The predicted molar refractivity (Wildman–Crippen MR) is 94.7 cm³/mol. The molecule has 1 amide bonds. The van der Waals surface area contributed by atoms with E-state index in [0.29, 0.717) is 17.0 Å². The highest BCUT2D eigenvalue weighted by Gasteiger charge is 2.23. The van der Waals surface area contributed by atoms with Crippen LogP contribution in [0.25, 0.3) is 0 Å². The highest BCUT2D eigenvalue weighted by molar-refractivity contribution is 6.32. The summed E-state index contributed by atoms with van der Waals surface area (Å²) >= 11 is 5.87. The van der Waals surface area contributed by atoms with E-state index in [4.69, 9.17) is 26.3 Å². The topological polar surface area (TPSA) is 101 Å². The zero-order chi connectivity index (χ0) is 19.1. The number of anilines is 1. The first-order chi connectivity index (χ1) is 12.4. The van der Waals surface area contributed by atoms with Crippen LogP contribution >= 0.6 is 11.6 Å². The van der Waals surface area contributed by atoms with E-state index in [1.165, 1.54) is 20.0 Å². The van der Waals surface area contributed by atoms with Crippen molar-refractivity contribution in [1.82, 2.24) is 4.98 Å². The van der Waals surface area contributed by atoms with Crippen LogP contribution in [0.15, 0.2) is 42.6 Å². The van der Waals surface area contributed by atoms with Crippen LogP contribution in [-0.4, -0.2) is 29.1 Å². The lowest BCUT2D eigenvalue weighted by atomic mass is 10.2. The minimum atomic E-state index is -1.05. The Morgan fingerprint density at radius 3 is 2.50 bits per heavy atom. The first-order valence-electron chi connectivity index (χ1n) is 7.69. The molecule has 0 unspecified atom stereocenters. The molecule has 0 radical (unpaired) electrons. The Balaban J connectivity index is 1.89. The molecular weight excluding hydrogens is 358 g/mol. The van der Waals surface area contributed by atoms with Crippen LogP contribution in [0.3, 0.4) is 0 Å². The molecule has 0 aliphatic heterocycles. The minimum Gasteiger partial charge on any atom is -0.479 e. The molecule has 2 rings (SSSR count). The first kappa shape index (κ1) is 19.2. The number of aromatic nitrogens is 1. The Hall–Kier alpha value is -3.11. The molecule has 1 N–H and O–H groups in total. The zero-order valence-electron chi connectivity index (χ0n) is 14.1. The van der Waals surface area contributed by atoms with Crippen LogP contribution < -0.4 is 10.1 Å². The summed E-state index contributed by atoms with van der Waals surface area (Å²) in [5, 5.41) is 11.4. The number of nitrogens with one attached hydrogen (secondary N) is 1. The summed E-state index contributed by atoms with van der Waals surface area (Å²) in [6.07, 6.45) is -0.491. The van der Waals surface area contributed by atoms with Crippen molar-refractivity contribution in [2.75, 3.05) is 5.32 Å². The minimum absolute atomic E-state index is 0.136. The van der Waals surface area contributed by atoms with E-state index in [0.717, 1.165) is 0 Å². The van der Waals surface area contributed by atoms with Crippen molar-refractivity contribution in [2.45, 2.75) is 26.1 Å². The van der Waals surface area contributed by atoms with Crippen LogP contribution in [0.4, 0.5) is 5.69 Å². The van der Waals surface area contributed by atoms with Crippen molar-refractivity contribution in [3.63, 3.8) is 0 Å². The van der Waals surface area contributed by atoms with Crippen LogP contribution in [0, 0.1) is 11.3 Å². The molecule has 1 heterocycles. The van der Waals surface area contributed by atoms with Crippen molar-refractivity contribution in [2.24, 2.45) is 0 Å². The highest BCUT2D eigenvalue weighted by atomic mass is 35.5. The maximum absolute atomic E-state index is 12.1. The Morgan fingerprint density at radius 1 is 1.19 bits per heavy atom. The van der Waals surface area contributed by atoms with Crippen molar-refractivity contribution in [3.8, 4) is 11.8 Å². The monoisotopic (exact) mass is 373 g/mol. The van der Waals surface area contributed by atoms with Gasteiger partial charge in [-0.2, -0.15) is 5.26 Å². The van der Waals surface area contributed by atoms with E-state index in [9.17, 15) is 9.59 Å². The lowest BCUT2D eigenvalue weighted by molar-refractivity contribution is -0.159. The molecule has 2 aromatic rings. The third-order valence-electron chi connectivity index (χ3n) is 3.31. The molecule has 1 aromatic heterocycles. The summed E-state index contributed by atoms with van der Waals surface area (Å²) in [5.41, 5.74) is 0.802. The smallest absolute Gasteiger partial charge is 0.347 e. The molecule has 1 aromatic carbocycles. The number of pyridine rings is 1. The summed E-state index contributed by atoms with van der Waals surface area (Å²) in [6, 6.07) is 11.5. The summed E-state index contributed by atoms with van der Waals surface area (Å²) in [5.74, 6) is -0.833. The largest absolute Gasteiger partial charge is 0.479 e. The summed E-state index contributed by atoms with van der Waals surface area (Å²) < 4.78 is 10.6. The fourth-order valence-corrected chi connectivity index (χ4v) is 2.06. The van der Waals surface area contributed by atoms with E-state index in [1.807, 2.05) is 6.07 Å². The summed E-state index contributed by atoms with van der Waals surface area (Å²) in [7, 11) is 0. The van der Waals surface area contributed by atoms with Gasteiger partial charge in [-0.1, -0.05) is 11.6 Å². The Bertz CT molecular complexity index is 833. The second kappa shape index (κ2) is 8.83. The summed E-state index contributed by atoms with van der Waals surface area (Å²) in [6.45, 7) is 2.94. The second-order valence-electron chi connectivity index (χ2n) is 5.31. The van der Waals surface area contributed by atoms with Gasteiger partial charge in [0.25, 0.3) is 5.91 Å². The van der Waals surface area contributed by atoms with E-state index in [1.54, 1.807) is 36.4 Å². The average molecular weight is 374 g/mol. The lowest BCUT2D eigenvalue weighted by Gasteiger charge is -2.18. The van der Waals surface area contributed by atoms with Crippen LogP contribution in [0.1, 0.15) is 19.4 Å². The van der Waals surface area contributed by atoms with Gasteiger partial charge in [0.15, 0.2) is 17.4 Å². The fraction of sp³-hybridized carbons (Fsp3) is 0.222. The van der Waals surface area contributed by atoms with Gasteiger partial charge in [-0.15, -0.1) is 0 Å². The molecule has 0 aliphatic rings. The van der Waals surface area contributed by atoms with Gasteiger partial charge in [-0.3, -0.25) is 4.79 Å². The number of esters is 1. The molecule has 0 aliphatic carbocycles. The molecule has 0 fully saturated rings.